The summed E-state index contributed by atoms with van der Waals surface area (Å²) >= 11 is 1.28. The Morgan fingerprint density at radius 3 is 2.88 bits per heavy atom. The normalized spacial score (nSPS) is 15.2. The van der Waals surface area contributed by atoms with Crippen molar-refractivity contribution in [2.45, 2.75) is 36.9 Å². The molecular weight excluding hydrogens is 334 g/mol. The van der Waals surface area contributed by atoms with Crippen LogP contribution in [0.25, 0.3) is 10.8 Å². The number of hydrogen-bond donors (Lipinski definition) is 1. The summed E-state index contributed by atoms with van der Waals surface area (Å²) in [7, 11) is 0. The summed E-state index contributed by atoms with van der Waals surface area (Å²) in [6.45, 7) is 2.00. The molecule has 1 aliphatic carbocycles. The minimum Gasteiger partial charge on any atom is -0.416 e. The van der Waals surface area contributed by atoms with Crippen LogP contribution < -0.4 is 5.32 Å². The van der Waals surface area contributed by atoms with Crippen molar-refractivity contribution >= 4 is 28.4 Å². The largest absolute Gasteiger partial charge is 0.416 e. The first kappa shape index (κ1) is 16.1. The van der Waals surface area contributed by atoms with Gasteiger partial charge in [-0.2, -0.15) is 0 Å². The van der Waals surface area contributed by atoms with Gasteiger partial charge in [-0.25, -0.2) is 0 Å². The Balaban J connectivity index is 1.37. The monoisotopic (exact) mass is 353 g/mol. The van der Waals surface area contributed by atoms with E-state index in [0.717, 1.165) is 23.8 Å². The molecule has 2 aromatic carbocycles. The molecule has 1 aromatic heterocycles. The summed E-state index contributed by atoms with van der Waals surface area (Å²) in [6.07, 6.45) is 2.24. The third-order valence-electron chi connectivity index (χ3n) is 4.34. The predicted octanol–water partition coefficient (Wildman–Crippen LogP) is 4.07. The van der Waals surface area contributed by atoms with Gasteiger partial charge in [0, 0.05) is 5.92 Å². The molecule has 0 radical (unpaired) electrons. The zero-order chi connectivity index (χ0) is 17.2. The van der Waals surface area contributed by atoms with Crippen LogP contribution in [0.3, 0.4) is 0 Å². The van der Waals surface area contributed by atoms with E-state index in [2.05, 4.69) is 39.8 Å². The van der Waals surface area contributed by atoms with E-state index in [9.17, 15) is 4.79 Å². The second-order valence-corrected chi connectivity index (χ2v) is 7.25. The molecule has 0 bridgehead atoms. The van der Waals surface area contributed by atoms with E-state index in [1.165, 1.54) is 17.1 Å². The van der Waals surface area contributed by atoms with Crippen LogP contribution >= 0.6 is 11.8 Å². The molecule has 1 fully saturated rings. The Labute approximate surface area is 150 Å². The fourth-order valence-corrected chi connectivity index (χ4v) is 3.47. The zero-order valence-electron chi connectivity index (χ0n) is 13.9. The maximum atomic E-state index is 12.3. The van der Waals surface area contributed by atoms with Crippen LogP contribution in [0, 0.1) is 0 Å². The highest BCUT2D eigenvalue weighted by atomic mass is 32.2. The highest BCUT2D eigenvalue weighted by Gasteiger charge is 2.29. The standard InChI is InChI=1S/C19H19N3O2S/c1-12(15-8-4-6-13-5-2-3-7-16(13)15)20-17(23)11-25-19-22-21-18(24-19)14-9-10-14/h2-8,12,14H,9-11H2,1H3,(H,20,23). The topological polar surface area (TPSA) is 68.0 Å². The molecule has 6 heteroatoms. The molecule has 1 amide bonds. The second-order valence-electron chi connectivity index (χ2n) is 6.33. The van der Waals surface area contributed by atoms with Crippen molar-refractivity contribution in [2.75, 3.05) is 5.75 Å². The lowest BCUT2D eigenvalue weighted by atomic mass is 10.00. The predicted molar refractivity (Wildman–Crippen MR) is 97.5 cm³/mol. The number of nitrogens with zero attached hydrogens (tertiary/aromatic N) is 2. The van der Waals surface area contributed by atoms with Crippen molar-refractivity contribution in [3.05, 3.63) is 53.9 Å². The number of carbonyl (C=O) groups is 1. The van der Waals surface area contributed by atoms with E-state index in [-0.39, 0.29) is 17.7 Å². The van der Waals surface area contributed by atoms with Crippen molar-refractivity contribution in [3.63, 3.8) is 0 Å². The maximum Gasteiger partial charge on any atom is 0.277 e. The molecular formula is C19H19N3O2S. The van der Waals surface area contributed by atoms with Crippen molar-refractivity contribution in [1.29, 1.82) is 0 Å². The summed E-state index contributed by atoms with van der Waals surface area (Å²) in [6, 6.07) is 14.3. The van der Waals surface area contributed by atoms with E-state index >= 15 is 0 Å². The van der Waals surface area contributed by atoms with Gasteiger partial charge in [0.1, 0.15) is 0 Å². The molecule has 1 unspecified atom stereocenters. The lowest BCUT2D eigenvalue weighted by molar-refractivity contribution is -0.119. The molecule has 0 saturated heterocycles. The average molecular weight is 353 g/mol. The van der Waals surface area contributed by atoms with Gasteiger partial charge in [-0.1, -0.05) is 54.2 Å². The van der Waals surface area contributed by atoms with E-state index in [1.807, 2.05) is 25.1 Å². The fourth-order valence-electron chi connectivity index (χ4n) is 2.89. The number of hydrogen-bond acceptors (Lipinski definition) is 5. The number of carbonyl (C=O) groups excluding carboxylic acids is 1. The Morgan fingerprint density at radius 1 is 1.24 bits per heavy atom. The Bertz CT molecular complexity index is 899. The highest BCUT2D eigenvalue weighted by Crippen LogP contribution is 2.39. The van der Waals surface area contributed by atoms with Crippen LogP contribution in [0.4, 0.5) is 0 Å². The molecule has 1 N–H and O–H groups in total. The number of benzene rings is 2. The van der Waals surface area contributed by atoms with Crippen LogP contribution in [0.5, 0.6) is 0 Å². The van der Waals surface area contributed by atoms with Crippen molar-refractivity contribution in [2.24, 2.45) is 0 Å². The smallest absolute Gasteiger partial charge is 0.277 e. The Morgan fingerprint density at radius 2 is 2.04 bits per heavy atom. The minimum atomic E-state index is -0.0658. The molecule has 0 aliphatic heterocycles. The van der Waals surface area contributed by atoms with Crippen LogP contribution in [0.15, 0.2) is 52.1 Å². The van der Waals surface area contributed by atoms with Crippen molar-refractivity contribution in [1.82, 2.24) is 15.5 Å². The SMILES string of the molecule is CC(NC(=O)CSc1nnc(C2CC2)o1)c1cccc2ccccc12. The van der Waals surface area contributed by atoms with Crippen LogP contribution in [0.1, 0.15) is 43.2 Å². The molecule has 0 spiro atoms. The van der Waals surface area contributed by atoms with Gasteiger partial charge in [0.05, 0.1) is 11.8 Å². The van der Waals surface area contributed by atoms with E-state index < -0.39 is 0 Å². The third kappa shape index (κ3) is 3.69. The fraction of sp³-hybridized carbons (Fsp3) is 0.316. The van der Waals surface area contributed by atoms with Crippen LogP contribution in [0.2, 0.25) is 0 Å². The van der Waals surface area contributed by atoms with E-state index in [4.69, 9.17) is 4.42 Å². The molecule has 1 saturated carbocycles. The summed E-state index contributed by atoms with van der Waals surface area (Å²) < 4.78 is 5.57. The van der Waals surface area contributed by atoms with Gasteiger partial charge in [0.15, 0.2) is 0 Å². The Hall–Kier alpha value is -2.34. The molecule has 5 nitrogen and oxygen atoms in total. The third-order valence-corrected chi connectivity index (χ3v) is 5.16. The molecule has 3 aromatic rings. The summed E-state index contributed by atoms with van der Waals surface area (Å²) in [5, 5.41) is 13.9. The number of fused-ring (bicyclic) bond motifs is 1. The number of nitrogens with one attached hydrogen (secondary N) is 1. The first-order chi connectivity index (χ1) is 12.2. The van der Waals surface area contributed by atoms with Gasteiger partial charge < -0.3 is 9.73 Å². The summed E-state index contributed by atoms with van der Waals surface area (Å²) in [4.78, 5) is 12.3. The summed E-state index contributed by atoms with van der Waals surface area (Å²) in [5.74, 6) is 1.35. The van der Waals surface area contributed by atoms with Crippen molar-refractivity contribution < 1.29 is 9.21 Å². The number of aromatic nitrogens is 2. The van der Waals surface area contributed by atoms with Gasteiger partial charge in [0.25, 0.3) is 5.22 Å². The summed E-state index contributed by atoms with van der Waals surface area (Å²) in [5.41, 5.74) is 1.12. The van der Waals surface area contributed by atoms with Crippen molar-refractivity contribution in [3.8, 4) is 0 Å². The lowest BCUT2D eigenvalue weighted by Crippen LogP contribution is -2.28. The van der Waals surface area contributed by atoms with Crippen LogP contribution in [-0.4, -0.2) is 21.9 Å². The molecule has 1 atom stereocenters. The molecule has 1 heterocycles. The van der Waals surface area contributed by atoms with Gasteiger partial charge in [0.2, 0.25) is 11.8 Å². The second kappa shape index (κ2) is 6.88. The van der Waals surface area contributed by atoms with Crippen LogP contribution in [-0.2, 0) is 4.79 Å². The quantitative estimate of drug-likeness (QED) is 0.677. The Kier molecular flexibility index (Phi) is 4.44. The molecule has 25 heavy (non-hydrogen) atoms. The molecule has 1 aliphatic rings. The molecule has 128 valence electrons. The van der Waals surface area contributed by atoms with Gasteiger partial charge in [-0.3, -0.25) is 4.79 Å². The van der Waals surface area contributed by atoms with E-state index in [1.54, 1.807) is 0 Å². The highest BCUT2D eigenvalue weighted by molar-refractivity contribution is 7.99. The number of amides is 1. The molecule has 4 rings (SSSR count). The van der Waals surface area contributed by atoms with Gasteiger partial charge >= 0.3 is 0 Å². The average Bonchev–Trinajstić information content (AvgIpc) is 3.37. The zero-order valence-corrected chi connectivity index (χ0v) is 14.8. The van der Waals surface area contributed by atoms with E-state index in [0.29, 0.717) is 17.0 Å². The first-order valence-corrected chi connectivity index (χ1v) is 9.42. The number of rotatable bonds is 6. The lowest BCUT2D eigenvalue weighted by Gasteiger charge is -2.16. The first-order valence-electron chi connectivity index (χ1n) is 8.44. The minimum absolute atomic E-state index is 0.0448. The number of thioether (sulfide) groups is 1. The maximum absolute atomic E-state index is 12.3. The van der Waals surface area contributed by atoms with Gasteiger partial charge in [-0.05, 0) is 36.1 Å². The van der Waals surface area contributed by atoms with Gasteiger partial charge in [-0.15, -0.1) is 10.2 Å².